The van der Waals surface area contributed by atoms with E-state index >= 15 is 0 Å². The summed E-state index contributed by atoms with van der Waals surface area (Å²) in [6.07, 6.45) is 1.73. The van der Waals surface area contributed by atoms with Crippen molar-refractivity contribution in [1.82, 2.24) is 0 Å². The smallest absolute Gasteiger partial charge is 0.363 e. The summed E-state index contributed by atoms with van der Waals surface area (Å²) in [6.45, 7) is 2.03. The van der Waals surface area contributed by atoms with E-state index in [1.165, 1.54) is 11.3 Å². The number of esters is 1. The van der Waals surface area contributed by atoms with Crippen LogP contribution >= 0.6 is 34.3 Å². The van der Waals surface area contributed by atoms with Crippen LogP contribution in [-0.2, 0) is 9.53 Å². The maximum Gasteiger partial charge on any atom is 0.363 e. The predicted octanol–water partition coefficient (Wildman–Crippen LogP) is 5.27. The summed E-state index contributed by atoms with van der Waals surface area (Å²) in [7, 11) is 0. The standard InChI is InChI=1S/C17H10ClNO2S2/c1-9-4-5-11-13(7-9)23-15(14(11)18)16-19-12(17(20)21-16)8-10-3-2-6-22-10/h2-8H,1H3/b12-8+. The van der Waals surface area contributed by atoms with Crippen molar-refractivity contribution >= 4 is 62.3 Å². The van der Waals surface area contributed by atoms with Gasteiger partial charge in [-0.25, -0.2) is 9.79 Å². The number of fused-ring (bicyclic) bond motifs is 1. The number of carbonyl (C=O) groups excluding carboxylic acids is 1. The van der Waals surface area contributed by atoms with Gasteiger partial charge in [-0.3, -0.25) is 0 Å². The van der Waals surface area contributed by atoms with Crippen molar-refractivity contribution < 1.29 is 9.53 Å². The summed E-state index contributed by atoms with van der Waals surface area (Å²) in [5, 5.41) is 3.48. The molecule has 0 spiro atoms. The van der Waals surface area contributed by atoms with E-state index in [0.29, 0.717) is 15.6 Å². The Morgan fingerprint density at radius 2 is 2.17 bits per heavy atom. The maximum absolute atomic E-state index is 12.0. The van der Waals surface area contributed by atoms with Gasteiger partial charge in [-0.05, 0) is 36.1 Å². The van der Waals surface area contributed by atoms with Crippen LogP contribution in [0.1, 0.15) is 15.3 Å². The third-order valence-electron chi connectivity index (χ3n) is 3.42. The Kier molecular flexibility index (Phi) is 3.56. The van der Waals surface area contributed by atoms with Crippen molar-refractivity contribution in [3.63, 3.8) is 0 Å². The summed E-state index contributed by atoms with van der Waals surface area (Å²) in [4.78, 5) is 18.0. The largest absolute Gasteiger partial charge is 0.401 e. The second-order valence-electron chi connectivity index (χ2n) is 5.10. The Balaban J connectivity index is 1.79. The number of ether oxygens (including phenoxy) is 1. The zero-order valence-corrected chi connectivity index (χ0v) is 14.4. The molecule has 1 aromatic carbocycles. The molecule has 3 heterocycles. The fourth-order valence-corrected chi connectivity index (χ4v) is 4.51. The number of cyclic esters (lactones) is 1. The molecule has 0 unspecified atom stereocenters. The quantitative estimate of drug-likeness (QED) is 0.462. The Labute approximate surface area is 145 Å². The van der Waals surface area contributed by atoms with Gasteiger partial charge in [-0.2, -0.15) is 0 Å². The Bertz CT molecular complexity index is 984. The van der Waals surface area contributed by atoms with E-state index in [0.717, 1.165) is 20.5 Å². The summed E-state index contributed by atoms with van der Waals surface area (Å²) in [5.41, 5.74) is 1.46. The number of hydrogen-bond acceptors (Lipinski definition) is 5. The fourth-order valence-electron chi connectivity index (χ4n) is 2.32. The molecular formula is C17H10ClNO2S2. The van der Waals surface area contributed by atoms with Gasteiger partial charge in [-0.15, -0.1) is 22.7 Å². The molecule has 3 aromatic rings. The minimum atomic E-state index is -0.446. The summed E-state index contributed by atoms with van der Waals surface area (Å²) in [5.74, 6) is -0.167. The minimum Gasteiger partial charge on any atom is -0.401 e. The van der Waals surface area contributed by atoms with Crippen LogP contribution in [-0.4, -0.2) is 11.9 Å². The van der Waals surface area contributed by atoms with Gasteiger partial charge in [-0.1, -0.05) is 29.8 Å². The number of benzene rings is 1. The van der Waals surface area contributed by atoms with Gasteiger partial charge in [0.05, 0.1) is 5.02 Å². The van der Waals surface area contributed by atoms with Crippen LogP contribution < -0.4 is 0 Å². The van der Waals surface area contributed by atoms with Crippen molar-refractivity contribution in [3.05, 3.63) is 61.7 Å². The highest BCUT2D eigenvalue weighted by molar-refractivity contribution is 7.21. The van der Waals surface area contributed by atoms with Gasteiger partial charge < -0.3 is 4.74 Å². The lowest BCUT2D eigenvalue weighted by molar-refractivity contribution is -0.129. The third-order valence-corrected chi connectivity index (χ3v) is 5.89. The molecule has 1 aliphatic rings. The van der Waals surface area contributed by atoms with Crippen molar-refractivity contribution in [3.8, 4) is 0 Å². The van der Waals surface area contributed by atoms with Crippen LogP contribution in [0.25, 0.3) is 16.2 Å². The molecule has 0 radical (unpaired) electrons. The molecule has 0 saturated heterocycles. The van der Waals surface area contributed by atoms with Gasteiger partial charge in [0, 0.05) is 15.0 Å². The molecule has 4 rings (SSSR count). The molecule has 23 heavy (non-hydrogen) atoms. The van der Waals surface area contributed by atoms with E-state index in [-0.39, 0.29) is 5.90 Å². The van der Waals surface area contributed by atoms with Crippen LogP contribution in [0.3, 0.4) is 0 Å². The monoisotopic (exact) mass is 359 g/mol. The average Bonchev–Trinajstić information content (AvgIpc) is 3.21. The lowest BCUT2D eigenvalue weighted by Crippen LogP contribution is -2.03. The SMILES string of the molecule is Cc1ccc2c(Cl)c(C3=N/C(=C/c4cccs4)C(=O)O3)sc2c1. The van der Waals surface area contributed by atoms with Crippen molar-refractivity contribution in [2.45, 2.75) is 6.92 Å². The molecule has 0 atom stereocenters. The maximum atomic E-state index is 12.0. The van der Waals surface area contributed by atoms with Crippen LogP contribution in [0.2, 0.25) is 5.02 Å². The van der Waals surface area contributed by atoms with Crippen molar-refractivity contribution in [1.29, 1.82) is 0 Å². The van der Waals surface area contributed by atoms with E-state index < -0.39 is 5.97 Å². The molecule has 0 amide bonds. The Hall–Kier alpha value is -1.95. The second kappa shape index (κ2) is 5.60. The van der Waals surface area contributed by atoms with Gasteiger partial charge in [0.1, 0.15) is 4.88 Å². The highest BCUT2D eigenvalue weighted by Crippen LogP contribution is 2.38. The Morgan fingerprint density at radius 3 is 2.96 bits per heavy atom. The van der Waals surface area contributed by atoms with Gasteiger partial charge in [0.25, 0.3) is 0 Å². The van der Waals surface area contributed by atoms with Crippen LogP contribution in [0.4, 0.5) is 0 Å². The van der Waals surface area contributed by atoms with Crippen molar-refractivity contribution in [2.75, 3.05) is 0 Å². The molecule has 0 aliphatic carbocycles. The normalized spacial score (nSPS) is 16.2. The lowest BCUT2D eigenvalue weighted by Gasteiger charge is -1.95. The van der Waals surface area contributed by atoms with Crippen molar-refractivity contribution in [2.24, 2.45) is 4.99 Å². The van der Waals surface area contributed by atoms with E-state index in [1.54, 1.807) is 17.4 Å². The summed E-state index contributed by atoms with van der Waals surface area (Å²) in [6, 6.07) is 9.90. The van der Waals surface area contributed by atoms with Crippen LogP contribution in [0.5, 0.6) is 0 Å². The molecule has 2 aromatic heterocycles. The zero-order chi connectivity index (χ0) is 16.0. The zero-order valence-electron chi connectivity index (χ0n) is 12.0. The summed E-state index contributed by atoms with van der Waals surface area (Å²) < 4.78 is 6.38. The van der Waals surface area contributed by atoms with Gasteiger partial charge >= 0.3 is 5.97 Å². The van der Waals surface area contributed by atoms with E-state index in [2.05, 4.69) is 11.1 Å². The molecule has 3 nitrogen and oxygen atoms in total. The first-order valence-electron chi connectivity index (χ1n) is 6.87. The molecule has 0 N–H and O–H groups in total. The number of carbonyl (C=O) groups is 1. The first-order valence-corrected chi connectivity index (χ1v) is 8.94. The average molecular weight is 360 g/mol. The first-order chi connectivity index (χ1) is 11.1. The fraction of sp³-hybridized carbons (Fsp3) is 0.0588. The number of aliphatic imine (C=N–C) groups is 1. The lowest BCUT2D eigenvalue weighted by atomic mass is 10.2. The number of hydrogen-bond donors (Lipinski definition) is 0. The second-order valence-corrected chi connectivity index (χ2v) is 7.51. The molecule has 0 fully saturated rings. The predicted molar refractivity (Wildman–Crippen MR) is 96.5 cm³/mol. The topological polar surface area (TPSA) is 38.7 Å². The third kappa shape index (κ3) is 2.61. The number of halogens is 1. The highest BCUT2D eigenvalue weighted by atomic mass is 35.5. The first kappa shape index (κ1) is 14.6. The molecule has 1 aliphatic heterocycles. The molecule has 6 heteroatoms. The van der Waals surface area contributed by atoms with Crippen LogP contribution in [0, 0.1) is 6.92 Å². The molecule has 0 bridgehead atoms. The highest BCUT2D eigenvalue weighted by Gasteiger charge is 2.28. The molecular weight excluding hydrogens is 350 g/mol. The Morgan fingerprint density at radius 1 is 1.30 bits per heavy atom. The number of thiophene rings is 2. The van der Waals surface area contributed by atoms with E-state index in [1.807, 2.05) is 36.6 Å². The number of rotatable bonds is 2. The summed E-state index contributed by atoms with van der Waals surface area (Å²) >= 11 is 9.47. The molecule has 114 valence electrons. The minimum absolute atomic E-state index is 0.279. The molecule has 0 saturated carbocycles. The van der Waals surface area contributed by atoms with E-state index in [4.69, 9.17) is 16.3 Å². The van der Waals surface area contributed by atoms with Gasteiger partial charge in [0.15, 0.2) is 5.70 Å². The number of nitrogens with zero attached hydrogens (tertiary/aromatic N) is 1. The van der Waals surface area contributed by atoms with Gasteiger partial charge in [0.2, 0.25) is 5.90 Å². The van der Waals surface area contributed by atoms with Crippen LogP contribution in [0.15, 0.2) is 46.4 Å². The van der Waals surface area contributed by atoms with E-state index in [9.17, 15) is 4.79 Å². The number of aryl methyl sites for hydroxylation is 1.